The number of piperazine rings is 1. The van der Waals surface area contributed by atoms with Crippen molar-refractivity contribution in [2.75, 3.05) is 31.1 Å². The number of anilines is 1. The normalized spacial score (nSPS) is 16.1. The molecule has 1 aliphatic heterocycles. The summed E-state index contributed by atoms with van der Waals surface area (Å²) < 4.78 is 26.7. The number of pyridine rings is 1. The van der Waals surface area contributed by atoms with Crippen molar-refractivity contribution in [1.82, 2.24) is 9.29 Å². The van der Waals surface area contributed by atoms with Gasteiger partial charge >= 0.3 is 0 Å². The molecular weight excluding hydrogens is 332 g/mol. The number of rotatable bonds is 4. The largest absolute Gasteiger partial charge is 0.369 e. The van der Waals surface area contributed by atoms with Crippen molar-refractivity contribution in [3.8, 4) is 0 Å². The highest BCUT2D eigenvalue weighted by Gasteiger charge is 2.28. The van der Waals surface area contributed by atoms with Gasteiger partial charge in [-0.05, 0) is 24.3 Å². The van der Waals surface area contributed by atoms with E-state index in [1.165, 1.54) is 28.6 Å². The number of hydrogen-bond donors (Lipinski definition) is 0. The summed E-state index contributed by atoms with van der Waals surface area (Å²) in [5, 5.41) is 10.7. The molecule has 1 saturated heterocycles. The fourth-order valence-electron chi connectivity index (χ4n) is 2.63. The molecule has 126 valence electrons. The zero-order valence-electron chi connectivity index (χ0n) is 12.8. The molecule has 0 amide bonds. The van der Waals surface area contributed by atoms with Gasteiger partial charge in [-0.25, -0.2) is 8.42 Å². The van der Waals surface area contributed by atoms with Crippen LogP contribution in [0.25, 0.3) is 0 Å². The van der Waals surface area contributed by atoms with Crippen LogP contribution in [0.3, 0.4) is 0 Å². The van der Waals surface area contributed by atoms with Crippen LogP contribution >= 0.6 is 0 Å². The highest BCUT2D eigenvalue weighted by Crippen LogP contribution is 2.22. The minimum Gasteiger partial charge on any atom is -0.369 e. The molecule has 0 spiro atoms. The number of nitro benzene ring substituents is 1. The van der Waals surface area contributed by atoms with E-state index in [9.17, 15) is 18.5 Å². The van der Waals surface area contributed by atoms with E-state index in [1.807, 2.05) is 12.1 Å². The van der Waals surface area contributed by atoms with Crippen LogP contribution in [0.5, 0.6) is 0 Å². The van der Waals surface area contributed by atoms with Gasteiger partial charge in [0, 0.05) is 56.4 Å². The molecule has 1 fully saturated rings. The molecule has 24 heavy (non-hydrogen) atoms. The first-order chi connectivity index (χ1) is 11.5. The number of non-ortho nitro benzene ring substituents is 1. The van der Waals surface area contributed by atoms with E-state index in [1.54, 1.807) is 12.4 Å². The Balaban J connectivity index is 1.72. The average molecular weight is 348 g/mol. The molecule has 0 unspecified atom stereocenters. The quantitative estimate of drug-likeness (QED) is 0.614. The first-order valence-corrected chi connectivity index (χ1v) is 8.82. The summed E-state index contributed by atoms with van der Waals surface area (Å²) in [4.78, 5) is 16.3. The smallest absolute Gasteiger partial charge is 0.269 e. The molecule has 0 bridgehead atoms. The summed E-state index contributed by atoms with van der Waals surface area (Å²) in [5.41, 5.74) is 0.883. The summed E-state index contributed by atoms with van der Waals surface area (Å²) >= 11 is 0. The predicted molar refractivity (Wildman–Crippen MR) is 88.3 cm³/mol. The van der Waals surface area contributed by atoms with Crippen LogP contribution in [0, 0.1) is 10.1 Å². The first-order valence-electron chi connectivity index (χ1n) is 7.38. The summed E-state index contributed by atoms with van der Waals surface area (Å²) in [6, 6.07) is 8.76. The molecule has 0 atom stereocenters. The topological polar surface area (TPSA) is 96.6 Å². The molecule has 2 heterocycles. The predicted octanol–water partition coefficient (Wildman–Crippen LogP) is 1.50. The SMILES string of the molecule is O=[N+]([O-])c1ccc(S(=O)(=O)N2CCN(c3ccncc3)CC2)cc1. The van der Waals surface area contributed by atoms with Crippen LogP contribution in [-0.4, -0.2) is 48.8 Å². The lowest BCUT2D eigenvalue weighted by molar-refractivity contribution is -0.384. The van der Waals surface area contributed by atoms with Crippen LogP contribution in [0.15, 0.2) is 53.7 Å². The fraction of sp³-hybridized carbons (Fsp3) is 0.267. The molecule has 1 aromatic heterocycles. The van der Waals surface area contributed by atoms with Crippen LogP contribution in [-0.2, 0) is 10.0 Å². The molecule has 9 heteroatoms. The third-order valence-electron chi connectivity index (χ3n) is 3.95. The third kappa shape index (κ3) is 3.22. The summed E-state index contributed by atoms with van der Waals surface area (Å²) in [5.74, 6) is 0. The second-order valence-corrected chi connectivity index (χ2v) is 7.29. The Hall–Kier alpha value is -2.52. The van der Waals surface area contributed by atoms with Gasteiger partial charge in [-0.2, -0.15) is 4.31 Å². The van der Waals surface area contributed by atoms with E-state index >= 15 is 0 Å². The van der Waals surface area contributed by atoms with Gasteiger partial charge < -0.3 is 4.90 Å². The maximum absolute atomic E-state index is 12.6. The van der Waals surface area contributed by atoms with E-state index in [0.29, 0.717) is 26.2 Å². The van der Waals surface area contributed by atoms with E-state index in [0.717, 1.165) is 5.69 Å². The van der Waals surface area contributed by atoms with Crippen LogP contribution in [0.2, 0.25) is 0 Å². The monoisotopic (exact) mass is 348 g/mol. The Labute approximate surface area is 139 Å². The van der Waals surface area contributed by atoms with Crippen molar-refractivity contribution in [3.63, 3.8) is 0 Å². The fourth-order valence-corrected chi connectivity index (χ4v) is 4.05. The number of aromatic nitrogens is 1. The van der Waals surface area contributed by atoms with Crippen LogP contribution < -0.4 is 4.90 Å². The number of benzene rings is 1. The Morgan fingerprint density at radius 2 is 1.54 bits per heavy atom. The van der Waals surface area contributed by atoms with Crippen molar-refractivity contribution < 1.29 is 13.3 Å². The molecule has 0 radical (unpaired) electrons. The van der Waals surface area contributed by atoms with Gasteiger partial charge in [0.25, 0.3) is 5.69 Å². The number of nitrogens with zero attached hydrogens (tertiary/aromatic N) is 4. The second kappa shape index (κ2) is 6.54. The van der Waals surface area contributed by atoms with Gasteiger partial charge in [-0.1, -0.05) is 0 Å². The van der Waals surface area contributed by atoms with Crippen molar-refractivity contribution in [2.45, 2.75) is 4.90 Å². The lowest BCUT2D eigenvalue weighted by Crippen LogP contribution is -2.48. The Morgan fingerprint density at radius 1 is 0.958 bits per heavy atom. The van der Waals surface area contributed by atoms with Crippen LogP contribution in [0.4, 0.5) is 11.4 Å². The van der Waals surface area contributed by atoms with Crippen molar-refractivity contribution in [3.05, 3.63) is 58.9 Å². The molecule has 1 aliphatic rings. The Bertz CT molecular complexity index is 816. The minimum atomic E-state index is -3.64. The number of nitro groups is 1. The van der Waals surface area contributed by atoms with E-state index in [-0.39, 0.29) is 10.6 Å². The summed E-state index contributed by atoms with van der Waals surface area (Å²) in [7, 11) is -3.64. The number of hydrogen-bond acceptors (Lipinski definition) is 6. The zero-order chi connectivity index (χ0) is 17.2. The molecule has 0 saturated carbocycles. The van der Waals surface area contributed by atoms with Crippen LogP contribution in [0.1, 0.15) is 0 Å². The van der Waals surface area contributed by atoms with E-state index in [4.69, 9.17) is 0 Å². The van der Waals surface area contributed by atoms with Gasteiger partial charge in [0.15, 0.2) is 0 Å². The van der Waals surface area contributed by atoms with Gasteiger partial charge in [0.05, 0.1) is 9.82 Å². The Kier molecular flexibility index (Phi) is 4.45. The highest BCUT2D eigenvalue weighted by molar-refractivity contribution is 7.89. The molecule has 2 aromatic rings. The van der Waals surface area contributed by atoms with Gasteiger partial charge in [-0.3, -0.25) is 15.1 Å². The molecule has 0 N–H and O–H groups in total. The molecule has 3 rings (SSSR count). The average Bonchev–Trinajstić information content (AvgIpc) is 2.62. The highest BCUT2D eigenvalue weighted by atomic mass is 32.2. The third-order valence-corrected chi connectivity index (χ3v) is 5.86. The lowest BCUT2D eigenvalue weighted by atomic mass is 10.3. The van der Waals surface area contributed by atoms with Crippen molar-refractivity contribution in [1.29, 1.82) is 0 Å². The minimum absolute atomic E-state index is 0.0745. The Morgan fingerprint density at radius 3 is 2.08 bits per heavy atom. The van der Waals surface area contributed by atoms with E-state index < -0.39 is 14.9 Å². The zero-order valence-corrected chi connectivity index (χ0v) is 13.6. The lowest BCUT2D eigenvalue weighted by Gasteiger charge is -2.35. The maximum atomic E-state index is 12.6. The van der Waals surface area contributed by atoms with Gasteiger partial charge in [-0.15, -0.1) is 0 Å². The van der Waals surface area contributed by atoms with Gasteiger partial charge in [0.2, 0.25) is 10.0 Å². The second-order valence-electron chi connectivity index (χ2n) is 5.35. The first kappa shape index (κ1) is 16.3. The molecular formula is C15H16N4O4S. The molecule has 0 aliphatic carbocycles. The summed E-state index contributed by atoms with van der Waals surface area (Å²) in [6.45, 7) is 1.88. The standard InChI is InChI=1S/C15H16N4O4S/c20-19(21)14-1-3-15(4-2-14)24(22,23)18-11-9-17(10-12-18)13-5-7-16-8-6-13/h1-8H,9-12H2. The van der Waals surface area contributed by atoms with Gasteiger partial charge in [0.1, 0.15) is 0 Å². The summed E-state index contributed by atoms with van der Waals surface area (Å²) in [6.07, 6.45) is 3.41. The molecule has 1 aromatic carbocycles. The number of sulfonamides is 1. The maximum Gasteiger partial charge on any atom is 0.269 e. The van der Waals surface area contributed by atoms with Crippen molar-refractivity contribution >= 4 is 21.4 Å². The molecule has 8 nitrogen and oxygen atoms in total. The van der Waals surface area contributed by atoms with Crippen molar-refractivity contribution in [2.24, 2.45) is 0 Å². The van der Waals surface area contributed by atoms with E-state index in [2.05, 4.69) is 9.88 Å².